The molecule has 82 valence electrons. The average molecular weight is 230 g/mol. The number of anilines is 1. The first-order valence-corrected chi connectivity index (χ1v) is 5.89. The van der Waals surface area contributed by atoms with Crippen molar-refractivity contribution in [2.45, 2.75) is 9.79 Å². The van der Waals surface area contributed by atoms with Gasteiger partial charge in [0, 0.05) is 16.8 Å². The van der Waals surface area contributed by atoms with Gasteiger partial charge in [0.25, 0.3) is 0 Å². The van der Waals surface area contributed by atoms with E-state index in [-0.39, 0.29) is 0 Å². The summed E-state index contributed by atoms with van der Waals surface area (Å²) in [5.41, 5.74) is 1.01. The Kier molecular flexibility index (Phi) is 3.49. The predicted octanol–water partition coefficient (Wildman–Crippen LogP) is 3.15. The summed E-state index contributed by atoms with van der Waals surface area (Å²) < 4.78 is 0. The zero-order valence-corrected chi connectivity index (χ0v) is 9.95. The molecule has 0 radical (unpaired) electrons. The van der Waals surface area contributed by atoms with Crippen LogP contribution in [0.3, 0.4) is 0 Å². The van der Waals surface area contributed by atoms with Gasteiger partial charge in [0.15, 0.2) is 0 Å². The number of nitrogens with zero attached hydrogens (tertiary/aromatic N) is 1. The molecule has 2 N–H and O–H groups in total. The molecule has 0 unspecified atom stereocenters. The Balaban J connectivity index is 2.11. The fourth-order valence-electron chi connectivity index (χ4n) is 1.37. The molecule has 2 aromatic rings. The lowest BCUT2D eigenvalue weighted by Crippen LogP contribution is -2.24. The molecule has 2 rings (SSSR count). The van der Waals surface area contributed by atoms with Crippen molar-refractivity contribution in [3.63, 3.8) is 0 Å². The standard InChI is InChI=1S/C13H14N2S/c1-15(14)11-7-9-13(10-8-11)16-12-5-3-2-4-6-12/h2-10H,14H2,1H3. The van der Waals surface area contributed by atoms with Gasteiger partial charge in [-0.25, -0.2) is 5.84 Å². The average Bonchev–Trinajstić information content (AvgIpc) is 2.31. The molecule has 0 aliphatic rings. The highest BCUT2D eigenvalue weighted by atomic mass is 32.2. The van der Waals surface area contributed by atoms with Crippen LogP contribution in [0, 0.1) is 0 Å². The summed E-state index contributed by atoms with van der Waals surface area (Å²) in [7, 11) is 1.83. The van der Waals surface area contributed by atoms with Crippen LogP contribution < -0.4 is 10.9 Å². The first-order chi connectivity index (χ1) is 7.75. The zero-order valence-electron chi connectivity index (χ0n) is 9.13. The van der Waals surface area contributed by atoms with Crippen LogP contribution >= 0.6 is 11.8 Å². The van der Waals surface area contributed by atoms with Crippen molar-refractivity contribution in [3.8, 4) is 0 Å². The van der Waals surface area contributed by atoms with Gasteiger partial charge >= 0.3 is 0 Å². The molecule has 2 nitrogen and oxygen atoms in total. The molecule has 0 atom stereocenters. The minimum Gasteiger partial charge on any atom is -0.314 e. The fraction of sp³-hybridized carbons (Fsp3) is 0.0769. The van der Waals surface area contributed by atoms with Gasteiger partial charge in [0.2, 0.25) is 0 Å². The van der Waals surface area contributed by atoms with Crippen LogP contribution in [0.4, 0.5) is 5.69 Å². The lowest BCUT2D eigenvalue weighted by molar-refractivity contribution is 1.02. The maximum absolute atomic E-state index is 5.64. The van der Waals surface area contributed by atoms with E-state index < -0.39 is 0 Å². The predicted molar refractivity (Wildman–Crippen MR) is 69.6 cm³/mol. The summed E-state index contributed by atoms with van der Waals surface area (Å²) in [4.78, 5) is 2.47. The number of hydrogen-bond acceptors (Lipinski definition) is 3. The molecule has 0 aromatic heterocycles. The van der Waals surface area contributed by atoms with E-state index in [1.54, 1.807) is 16.8 Å². The molecule has 0 aliphatic heterocycles. The summed E-state index contributed by atoms with van der Waals surface area (Å²) in [5, 5.41) is 1.61. The van der Waals surface area contributed by atoms with Crippen molar-refractivity contribution >= 4 is 17.4 Å². The third-order valence-electron chi connectivity index (χ3n) is 2.22. The maximum Gasteiger partial charge on any atom is 0.0514 e. The van der Waals surface area contributed by atoms with Gasteiger partial charge in [-0.2, -0.15) is 0 Å². The fourth-order valence-corrected chi connectivity index (χ4v) is 2.21. The van der Waals surface area contributed by atoms with Crippen molar-refractivity contribution in [1.82, 2.24) is 0 Å². The van der Waals surface area contributed by atoms with Crippen LogP contribution in [0.2, 0.25) is 0 Å². The second-order valence-corrected chi connectivity index (χ2v) is 4.67. The number of rotatable bonds is 3. The van der Waals surface area contributed by atoms with Gasteiger partial charge in [-0.15, -0.1) is 0 Å². The van der Waals surface area contributed by atoms with E-state index >= 15 is 0 Å². The highest BCUT2D eigenvalue weighted by Crippen LogP contribution is 2.28. The van der Waals surface area contributed by atoms with Crippen LogP contribution in [0.25, 0.3) is 0 Å². The molecular formula is C13H14N2S. The molecule has 16 heavy (non-hydrogen) atoms. The van der Waals surface area contributed by atoms with Crippen molar-refractivity contribution in [3.05, 3.63) is 54.6 Å². The Morgan fingerprint density at radius 1 is 0.875 bits per heavy atom. The van der Waals surface area contributed by atoms with Gasteiger partial charge in [-0.1, -0.05) is 30.0 Å². The van der Waals surface area contributed by atoms with E-state index in [4.69, 9.17) is 5.84 Å². The third kappa shape index (κ3) is 2.78. The minimum absolute atomic E-state index is 1.01. The largest absolute Gasteiger partial charge is 0.314 e. The highest BCUT2D eigenvalue weighted by molar-refractivity contribution is 7.99. The molecule has 0 bridgehead atoms. The molecule has 3 heteroatoms. The lowest BCUT2D eigenvalue weighted by Gasteiger charge is -2.11. The molecule has 0 amide bonds. The topological polar surface area (TPSA) is 29.3 Å². The smallest absolute Gasteiger partial charge is 0.0514 e. The molecule has 0 heterocycles. The Bertz CT molecular complexity index is 437. The highest BCUT2D eigenvalue weighted by Gasteiger charge is 1.98. The molecule has 0 saturated heterocycles. The van der Waals surface area contributed by atoms with Gasteiger partial charge < -0.3 is 5.01 Å². The van der Waals surface area contributed by atoms with Crippen molar-refractivity contribution < 1.29 is 0 Å². The van der Waals surface area contributed by atoms with E-state index in [0.717, 1.165) is 5.69 Å². The second kappa shape index (κ2) is 5.05. The summed E-state index contributed by atoms with van der Waals surface area (Å²) in [6.45, 7) is 0. The van der Waals surface area contributed by atoms with Gasteiger partial charge in [-0.05, 0) is 36.4 Å². The van der Waals surface area contributed by atoms with Crippen molar-refractivity contribution in [2.24, 2.45) is 5.84 Å². The van der Waals surface area contributed by atoms with Gasteiger partial charge in [0.1, 0.15) is 0 Å². The van der Waals surface area contributed by atoms with Gasteiger partial charge in [0.05, 0.1) is 5.69 Å². The Hall–Kier alpha value is -1.45. The van der Waals surface area contributed by atoms with Crippen LogP contribution in [0.1, 0.15) is 0 Å². The summed E-state index contributed by atoms with van der Waals surface area (Å²) in [5.74, 6) is 5.64. The summed E-state index contributed by atoms with van der Waals surface area (Å²) >= 11 is 1.75. The Morgan fingerprint density at radius 3 is 2.00 bits per heavy atom. The SMILES string of the molecule is CN(N)c1ccc(Sc2ccccc2)cc1. The van der Waals surface area contributed by atoms with E-state index in [1.165, 1.54) is 9.79 Å². The van der Waals surface area contributed by atoms with Crippen LogP contribution in [-0.2, 0) is 0 Å². The Morgan fingerprint density at radius 2 is 1.44 bits per heavy atom. The van der Waals surface area contributed by atoms with Gasteiger partial charge in [-0.3, -0.25) is 0 Å². The normalized spacial score (nSPS) is 10.1. The number of hydrogen-bond donors (Lipinski definition) is 1. The lowest BCUT2D eigenvalue weighted by atomic mass is 10.3. The van der Waals surface area contributed by atoms with E-state index in [9.17, 15) is 0 Å². The molecule has 0 fully saturated rings. The first-order valence-electron chi connectivity index (χ1n) is 5.07. The van der Waals surface area contributed by atoms with Crippen LogP contribution in [-0.4, -0.2) is 7.05 Å². The monoisotopic (exact) mass is 230 g/mol. The number of hydrazine groups is 1. The van der Waals surface area contributed by atoms with Crippen LogP contribution in [0.15, 0.2) is 64.4 Å². The quantitative estimate of drug-likeness (QED) is 0.649. The second-order valence-electron chi connectivity index (χ2n) is 3.52. The minimum atomic E-state index is 1.01. The molecule has 0 aliphatic carbocycles. The summed E-state index contributed by atoms with van der Waals surface area (Å²) in [6, 6.07) is 18.5. The molecule has 0 saturated carbocycles. The van der Waals surface area contributed by atoms with Crippen molar-refractivity contribution in [1.29, 1.82) is 0 Å². The van der Waals surface area contributed by atoms with E-state index in [2.05, 4.69) is 24.3 Å². The van der Waals surface area contributed by atoms with Crippen LogP contribution in [0.5, 0.6) is 0 Å². The first kappa shape index (κ1) is 11.0. The Labute approximate surface area is 100 Å². The third-order valence-corrected chi connectivity index (χ3v) is 3.24. The van der Waals surface area contributed by atoms with Crippen molar-refractivity contribution in [2.75, 3.05) is 12.1 Å². The molecule has 2 aromatic carbocycles. The summed E-state index contributed by atoms with van der Waals surface area (Å²) in [6.07, 6.45) is 0. The number of benzene rings is 2. The molecule has 0 spiro atoms. The maximum atomic E-state index is 5.64. The molecular weight excluding hydrogens is 216 g/mol. The number of nitrogens with two attached hydrogens (primary N) is 1. The van der Waals surface area contributed by atoms with E-state index in [1.807, 2.05) is 37.4 Å². The van der Waals surface area contributed by atoms with E-state index in [0.29, 0.717) is 0 Å². The zero-order chi connectivity index (χ0) is 11.4.